The fraction of sp³-hybridized carbons (Fsp3) is 0.550. The van der Waals surface area contributed by atoms with E-state index in [-0.39, 0.29) is 13.6 Å². The molecule has 0 aromatic heterocycles. The zero-order valence-corrected chi connectivity index (χ0v) is 36.9. The summed E-state index contributed by atoms with van der Waals surface area (Å²) < 4.78 is 21.4. The Labute approximate surface area is 377 Å². The molecule has 0 saturated carbocycles. The molecule has 0 saturated heterocycles. The number of unbranched alkanes of at least 4 members (excludes halogenated alkanes) is 6. The summed E-state index contributed by atoms with van der Waals surface area (Å²) in [5, 5.41) is 79.0. The lowest BCUT2D eigenvalue weighted by molar-refractivity contribution is -0.159. The number of hydrogen-bond acceptors (Lipinski definition) is 18. The number of hydrogen-bond donors (Lipinski definition) is 12. The average Bonchev–Trinajstić information content (AvgIpc) is 3.95. The minimum absolute atomic E-state index is 0.252. The Bertz CT molecular complexity index is 1530. The number of nitrogens with one attached hydrogen (secondary N) is 4. The zero-order valence-electron chi connectivity index (χ0n) is 35.2. The molecule has 360 valence electrons. The van der Waals surface area contributed by atoms with E-state index in [1.165, 1.54) is 38.5 Å². The van der Waals surface area contributed by atoms with Crippen LogP contribution in [0, 0.1) is 0 Å². The molecule has 2 aliphatic heterocycles. The number of aliphatic hydroxyl groups excluding tert-OH is 2. The van der Waals surface area contributed by atoms with Crippen molar-refractivity contribution >= 4 is 57.4 Å². The highest BCUT2D eigenvalue weighted by Gasteiger charge is 2.18. The Hall–Kier alpha value is -5.08. The van der Waals surface area contributed by atoms with Crippen LogP contribution in [0.25, 0.3) is 0 Å². The molecule has 24 heteroatoms. The molecule has 2 heterocycles. The molecule has 0 amide bonds. The van der Waals surface area contributed by atoms with Gasteiger partial charge in [0.05, 0.1) is 12.2 Å². The van der Waals surface area contributed by atoms with E-state index in [4.69, 9.17) is 78.4 Å². The average molecular weight is 949 g/mol. The van der Waals surface area contributed by atoms with Crippen molar-refractivity contribution in [3.8, 4) is 23.0 Å². The van der Waals surface area contributed by atoms with Crippen molar-refractivity contribution in [2.45, 2.75) is 63.6 Å². The molecule has 2 unspecified atom stereocenters. The van der Waals surface area contributed by atoms with Crippen LogP contribution in [0.4, 0.5) is 0 Å². The number of carbonyl (C=O) groups is 6. The van der Waals surface area contributed by atoms with Gasteiger partial charge in [0.2, 0.25) is 13.6 Å². The third-order valence-corrected chi connectivity index (χ3v) is 10.9. The molecule has 2 aliphatic rings. The maximum absolute atomic E-state index is 10.4. The molecule has 2 aromatic carbocycles. The first-order valence-electron chi connectivity index (χ1n) is 20.2. The minimum atomic E-state index is -1.82. The van der Waals surface area contributed by atoms with E-state index in [1.54, 1.807) is 0 Å². The Kier molecular flexibility index (Phi) is 31.4. The quantitative estimate of drug-likeness (QED) is 0.0347. The third kappa shape index (κ3) is 27.9. The van der Waals surface area contributed by atoms with Gasteiger partial charge in [-0.3, -0.25) is 0 Å². The summed E-state index contributed by atoms with van der Waals surface area (Å²) >= 11 is 0. The second-order valence-corrected chi connectivity index (χ2v) is 16.2. The largest absolute Gasteiger partial charge is 0.473 e. The molecule has 0 spiro atoms. The van der Waals surface area contributed by atoms with E-state index < -0.39 is 48.0 Å². The number of benzene rings is 2. The lowest BCUT2D eigenvalue weighted by Crippen LogP contribution is -2.22. The molecule has 2 atom stereocenters. The van der Waals surface area contributed by atoms with Gasteiger partial charge < -0.3 is 81.1 Å². The Morgan fingerprint density at radius 3 is 1.05 bits per heavy atom. The van der Waals surface area contributed by atoms with Gasteiger partial charge in [-0.25, -0.2) is 28.8 Å². The van der Waals surface area contributed by atoms with Crippen molar-refractivity contribution in [1.29, 1.82) is 0 Å². The number of carboxylic acids is 6. The van der Waals surface area contributed by atoms with E-state index in [0.717, 1.165) is 86.2 Å². The van der Waals surface area contributed by atoms with Crippen LogP contribution in [-0.4, -0.2) is 154 Å². The van der Waals surface area contributed by atoms with Gasteiger partial charge >= 0.3 is 35.8 Å². The number of rotatable bonds is 27. The van der Waals surface area contributed by atoms with Crippen LogP contribution in [0.3, 0.4) is 0 Å². The number of aliphatic hydroxyl groups is 2. The first-order valence-corrected chi connectivity index (χ1v) is 22.7. The van der Waals surface area contributed by atoms with Gasteiger partial charge in [-0.1, -0.05) is 59.4 Å². The van der Waals surface area contributed by atoms with Gasteiger partial charge in [-0.05, 0) is 87.3 Å². The van der Waals surface area contributed by atoms with E-state index in [1.807, 2.05) is 58.0 Å². The molecule has 0 bridgehead atoms. The highest BCUT2D eigenvalue weighted by molar-refractivity contribution is 8.76. The Morgan fingerprint density at radius 1 is 0.438 bits per heavy atom. The van der Waals surface area contributed by atoms with Gasteiger partial charge in [-0.15, -0.1) is 0 Å². The van der Waals surface area contributed by atoms with Gasteiger partial charge in [0, 0.05) is 37.7 Å². The summed E-state index contributed by atoms with van der Waals surface area (Å²) in [7, 11) is 3.92. The molecule has 12 N–H and O–H groups in total. The summed E-state index contributed by atoms with van der Waals surface area (Å²) in [6, 6.07) is 11.2. The molecule has 2 aromatic rings. The highest BCUT2D eigenvalue weighted by atomic mass is 33.1. The van der Waals surface area contributed by atoms with Crippen molar-refractivity contribution < 1.29 is 88.6 Å². The van der Waals surface area contributed by atoms with E-state index in [9.17, 15) is 10.2 Å². The standard InChI is InChI=1S/C34H54N4O6S2.3C2H2O4/c39-29(27-9-11-31-33(21-27)43-25-41-31)23-37-15-7-3-1-5-13-35-17-19-45-46-20-18-36-14-6-2-4-8-16-38-24-30(40)28-10-12-32-34(22-28)44-26-42-32;3*3-1(4)2(5)6/h9-12,21-22,29-30,35-40H,1-8,13-20,23-26H2;3*(H,3,4)(H,5,6). The lowest BCUT2D eigenvalue weighted by Gasteiger charge is -2.13. The third-order valence-electron chi connectivity index (χ3n) is 8.51. The lowest BCUT2D eigenvalue weighted by atomic mass is 10.1. The molecular formula is C40H60N4O18S2. The van der Waals surface area contributed by atoms with Crippen LogP contribution >= 0.6 is 21.6 Å². The van der Waals surface area contributed by atoms with Gasteiger partial charge in [0.25, 0.3) is 0 Å². The number of aliphatic carboxylic acids is 6. The second-order valence-electron chi connectivity index (χ2n) is 13.5. The van der Waals surface area contributed by atoms with Crippen molar-refractivity contribution in [3.05, 3.63) is 47.5 Å². The maximum atomic E-state index is 10.4. The molecule has 0 radical (unpaired) electrons. The summed E-state index contributed by atoms with van der Waals surface area (Å²) in [5.41, 5.74) is 1.71. The summed E-state index contributed by atoms with van der Waals surface area (Å²) in [5.74, 6) is -5.75. The zero-order chi connectivity index (χ0) is 47.5. The smallest absolute Gasteiger partial charge is 0.414 e. The van der Waals surface area contributed by atoms with Gasteiger partial charge in [-0.2, -0.15) is 0 Å². The SMILES string of the molecule is O=C(O)C(=O)O.O=C(O)C(=O)O.O=C(O)C(=O)O.OC(CNCCCCCCNCCSSCCNCCCCCCNCC(O)c1ccc2c(c1)OCO2)c1ccc2c(c1)OCO2. The fourth-order valence-electron chi connectivity index (χ4n) is 5.26. The highest BCUT2D eigenvalue weighted by Crippen LogP contribution is 2.35. The van der Waals surface area contributed by atoms with E-state index in [0.29, 0.717) is 24.6 Å². The molecule has 0 aliphatic carbocycles. The van der Waals surface area contributed by atoms with Gasteiger partial charge in [0.15, 0.2) is 23.0 Å². The predicted molar refractivity (Wildman–Crippen MR) is 234 cm³/mol. The number of ether oxygens (including phenoxy) is 4. The van der Waals surface area contributed by atoms with Crippen molar-refractivity contribution in [1.82, 2.24) is 21.3 Å². The van der Waals surface area contributed by atoms with Crippen LogP contribution < -0.4 is 40.2 Å². The van der Waals surface area contributed by atoms with E-state index >= 15 is 0 Å². The first-order chi connectivity index (χ1) is 30.6. The second kappa shape index (κ2) is 35.3. The molecule has 22 nitrogen and oxygen atoms in total. The van der Waals surface area contributed by atoms with Crippen LogP contribution in [-0.2, 0) is 28.8 Å². The fourth-order valence-corrected chi connectivity index (χ4v) is 7.15. The Balaban J connectivity index is 0.000000954. The molecular weight excluding hydrogens is 889 g/mol. The molecule has 4 rings (SSSR count). The van der Waals surface area contributed by atoms with Crippen LogP contribution in [0.5, 0.6) is 23.0 Å². The number of fused-ring (bicyclic) bond motifs is 2. The summed E-state index contributed by atoms with van der Waals surface area (Å²) in [4.78, 5) is 54.6. The first kappa shape index (κ1) is 56.9. The van der Waals surface area contributed by atoms with Gasteiger partial charge in [0.1, 0.15) is 0 Å². The van der Waals surface area contributed by atoms with E-state index in [2.05, 4.69) is 21.3 Å². The monoisotopic (exact) mass is 948 g/mol. The van der Waals surface area contributed by atoms with Crippen LogP contribution in [0.15, 0.2) is 36.4 Å². The minimum Gasteiger partial charge on any atom is -0.473 e. The van der Waals surface area contributed by atoms with Crippen molar-refractivity contribution in [2.24, 2.45) is 0 Å². The normalized spacial score (nSPS) is 12.5. The van der Waals surface area contributed by atoms with Crippen LogP contribution in [0.2, 0.25) is 0 Å². The van der Waals surface area contributed by atoms with Crippen LogP contribution in [0.1, 0.15) is 74.7 Å². The summed E-state index contributed by atoms with van der Waals surface area (Å²) in [6.45, 7) is 7.75. The topological polar surface area (TPSA) is 349 Å². The molecule has 64 heavy (non-hydrogen) atoms. The Morgan fingerprint density at radius 2 is 0.734 bits per heavy atom. The predicted octanol–water partition coefficient (Wildman–Crippen LogP) is 2.24. The summed E-state index contributed by atoms with van der Waals surface area (Å²) in [6.07, 6.45) is 8.48. The van der Waals surface area contributed by atoms with Crippen molar-refractivity contribution in [3.63, 3.8) is 0 Å². The molecule has 0 fully saturated rings. The van der Waals surface area contributed by atoms with Crippen molar-refractivity contribution in [2.75, 3.05) is 77.4 Å². The maximum Gasteiger partial charge on any atom is 0.414 e. The number of carboxylic acid groups (broad SMARTS) is 6.